The number of nitrogens with zero attached hydrogens (tertiary/aromatic N) is 1. The van der Waals surface area contributed by atoms with Gasteiger partial charge in [0.15, 0.2) is 0 Å². The van der Waals surface area contributed by atoms with Gasteiger partial charge in [-0.05, 0) is 37.0 Å². The van der Waals surface area contributed by atoms with Gasteiger partial charge < -0.3 is 9.84 Å². The molecule has 0 amide bonds. The highest BCUT2D eigenvalue weighted by Crippen LogP contribution is 2.46. The number of methoxy groups -OCH3 is 1. The second kappa shape index (κ2) is 4.69. The smallest absolute Gasteiger partial charge is 0.246 e. The predicted molar refractivity (Wildman–Crippen MR) is 77.1 cm³/mol. The van der Waals surface area contributed by atoms with Crippen LogP contribution in [0.5, 0.6) is 5.75 Å². The number of ether oxygens (including phenoxy) is 1. The Kier molecular flexibility index (Phi) is 3.36. The summed E-state index contributed by atoms with van der Waals surface area (Å²) in [4.78, 5) is 0.132. The molecule has 1 heterocycles. The van der Waals surface area contributed by atoms with Crippen molar-refractivity contribution in [3.05, 3.63) is 22.7 Å². The molecule has 0 bridgehead atoms. The summed E-state index contributed by atoms with van der Waals surface area (Å²) >= 11 is 3.27. The van der Waals surface area contributed by atoms with Gasteiger partial charge in [-0.1, -0.05) is 15.9 Å². The van der Waals surface area contributed by atoms with Crippen LogP contribution in [0.25, 0.3) is 0 Å². The highest BCUT2D eigenvalue weighted by Gasteiger charge is 2.55. The van der Waals surface area contributed by atoms with E-state index in [0.29, 0.717) is 10.2 Å². The Morgan fingerprint density at radius 1 is 1.40 bits per heavy atom. The van der Waals surface area contributed by atoms with Gasteiger partial charge in [-0.3, -0.25) is 0 Å². The molecule has 1 saturated heterocycles. The first-order valence-corrected chi connectivity index (χ1v) is 8.66. The molecule has 1 saturated carbocycles. The first-order chi connectivity index (χ1) is 9.37. The lowest BCUT2D eigenvalue weighted by Crippen LogP contribution is -2.64. The maximum atomic E-state index is 12.6. The summed E-state index contributed by atoms with van der Waals surface area (Å²) in [5, 5.41) is 10.3. The molecule has 1 N–H and O–H groups in total. The first kappa shape index (κ1) is 14.3. The van der Waals surface area contributed by atoms with Crippen molar-refractivity contribution in [1.82, 2.24) is 4.31 Å². The van der Waals surface area contributed by atoms with Gasteiger partial charge in [0, 0.05) is 17.6 Å². The predicted octanol–water partition coefficient (Wildman–Crippen LogP) is 1.60. The van der Waals surface area contributed by atoms with Crippen molar-refractivity contribution in [3.63, 3.8) is 0 Å². The van der Waals surface area contributed by atoms with Gasteiger partial charge in [0.25, 0.3) is 0 Å². The number of rotatable bonds is 4. The molecule has 1 aliphatic carbocycles. The summed E-state index contributed by atoms with van der Waals surface area (Å²) in [6.07, 6.45) is 1.98. The quantitative estimate of drug-likeness (QED) is 0.884. The van der Waals surface area contributed by atoms with Crippen LogP contribution in [0.4, 0.5) is 0 Å². The molecule has 2 aliphatic rings. The molecule has 3 rings (SSSR count). The second-order valence-electron chi connectivity index (χ2n) is 5.45. The minimum Gasteiger partial charge on any atom is -0.495 e. The van der Waals surface area contributed by atoms with Gasteiger partial charge >= 0.3 is 0 Å². The van der Waals surface area contributed by atoms with Crippen LogP contribution >= 0.6 is 15.9 Å². The van der Waals surface area contributed by atoms with Crippen LogP contribution in [0.3, 0.4) is 0 Å². The molecule has 1 aromatic carbocycles. The third kappa shape index (κ3) is 2.26. The zero-order valence-corrected chi connectivity index (χ0v) is 13.4. The minimum absolute atomic E-state index is 0.132. The molecule has 0 atom stereocenters. The average molecular weight is 362 g/mol. The van der Waals surface area contributed by atoms with Crippen molar-refractivity contribution >= 4 is 26.0 Å². The maximum absolute atomic E-state index is 12.6. The summed E-state index contributed by atoms with van der Waals surface area (Å²) < 4.78 is 32.3. The minimum atomic E-state index is -3.63. The molecule has 2 fully saturated rings. The zero-order chi connectivity index (χ0) is 14.5. The molecule has 0 spiro atoms. The number of β-amino-alcohol motifs (C(OH)–C–C–N with tert-alkyl or cyclic N) is 1. The monoisotopic (exact) mass is 361 g/mol. The number of sulfonamides is 1. The number of hydrogen-bond acceptors (Lipinski definition) is 4. The Bertz CT molecular complexity index is 636. The lowest BCUT2D eigenvalue weighted by atomic mass is 9.91. The summed E-state index contributed by atoms with van der Waals surface area (Å²) in [6.45, 7) is 0.353. The molecule has 1 aromatic rings. The Labute approximate surface area is 126 Å². The van der Waals surface area contributed by atoms with Gasteiger partial charge in [-0.2, -0.15) is 4.31 Å². The molecule has 20 heavy (non-hydrogen) atoms. The molecule has 0 aromatic heterocycles. The lowest BCUT2D eigenvalue weighted by Gasteiger charge is -2.45. The fourth-order valence-electron chi connectivity index (χ4n) is 2.60. The molecule has 7 heteroatoms. The van der Waals surface area contributed by atoms with Crippen molar-refractivity contribution < 1.29 is 18.3 Å². The molecule has 110 valence electrons. The van der Waals surface area contributed by atoms with E-state index in [0.717, 1.165) is 12.8 Å². The highest BCUT2D eigenvalue weighted by molar-refractivity contribution is 9.10. The highest BCUT2D eigenvalue weighted by atomic mass is 79.9. The Morgan fingerprint density at radius 2 is 2.05 bits per heavy atom. The fourth-order valence-corrected chi connectivity index (χ4v) is 4.86. The van der Waals surface area contributed by atoms with E-state index in [4.69, 9.17) is 4.74 Å². The number of hydrogen-bond donors (Lipinski definition) is 1. The number of benzene rings is 1. The van der Waals surface area contributed by atoms with Crippen molar-refractivity contribution in [3.8, 4) is 5.75 Å². The SMILES string of the molecule is COc1ccc(Br)cc1S(=O)(=O)N1CC(O)(C2CC2)C1. The van der Waals surface area contributed by atoms with Crippen LogP contribution in [0.15, 0.2) is 27.6 Å². The van der Waals surface area contributed by atoms with Crippen LogP contribution in [0.2, 0.25) is 0 Å². The fraction of sp³-hybridized carbons (Fsp3) is 0.538. The van der Waals surface area contributed by atoms with Gasteiger partial charge in [0.05, 0.1) is 12.7 Å². The summed E-state index contributed by atoms with van der Waals surface area (Å²) in [5.41, 5.74) is -0.827. The third-order valence-corrected chi connectivity index (χ3v) is 6.29. The molecule has 0 unspecified atom stereocenters. The van der Waals surface area contributed by atoms with E-state index in [1.165, 1.54) is 17.5 Å². The Balaban J connectivity index is 1.88. The standard InChI is InChI=1S/C13H16BrNO4S/c1-19-11-5-4-10(14)6-12(11)20(17,18)15-7-13(16,8-15)9-2-3-9/h4-6,9,16H,2-3,7-8H2,1H3. The van der Waals surface area contributed by atoms with E-state index in [9.17, 15) is 13.5 Å². The second-order valence-corrected chi connectivity index (χ2v) is 8.27. The lowest BCUT2D eigenvalue weighted by molar-refractivity contribution is -0.0765. The first-order valence-electron chi connectivity index (χ1n) is 6.43. The van der Waals surface area contributed by atoms with E-state index < -0.39 is 15.6 Å². The van der Waals surface area contributed by atoms with Gasteiger partial charge in [0.2, 0.25) is 10.0 Å². The topological polar surface area (TPSA) is 66.8 Å². The van der Waals surface area contributed by atoms with E-state index in [1.54, 1.807) is 12.1 Å². The van der Waals surface area contributed by atoms with Gasteiger partial charge in [-0.25, -0.2) is 8.42 Å². The van der Waals surface area contributed by atoms with Crippen LogP contribution < -0.4 is 4.74 Å². The number of aliphatic hydroxyl groups is 1. The molecule has 0 radical (unpaired) electrons. The van der Waals surface area contributed by atoms with Crippen molar-refractivity contribution in [2.24, 2.45) is 5.92 Å². The number of halogens is 1. The van der Waals surface area contributed by atoms with E-state index >= 15 is 0 Å². The molecular formula is C13H16BrNO4S. The van der Waals surface area contributed by atoms with Crippen LogP contribution in [0.1, 0.15) is 12.8 Å². The summed E-state index contributed by atoms with van der Waals surface area (Å²) in [5.74, 6) is 0.577. The largest absolute Gasteiger partial charge is 0.495 e. The molecule has 1 aliphatic heterocycles. The average Bonchev–Trinajstić information content (AvgIpc) is 3.19. The summed E-state index contributed by atoms with van der Waals surface area (Å²) in [6, 6.07) is 4.88. The molecular weight excluding hydrogens is 346 g/mol. The maximum Gasteiger partial charge on any atom is 0.246 e. The Hall–Kier alpha value is -0.630. The van der Waals surface area contributed by atoms with Crippen LogP contribution in [-0.2, 0) is 10.0 Å². The van der Waals surface area contributed by atoms with Gasteiger partial charge in [-0.15, -0.1) is 0 Å². The van der Waals surface area contributed by atoms with E-state index in [-0.39, 0.29) is 23.9 Å². The van der Waals surface area contributed by atoms with E-state index in [1.807, 2.05) is 0 Å². The third-order valence-electron chi connectivity index (χ3n) is 3.98. The van der Waals surface area contributed by atoms with Crippen molar-refractivity contribution in [2.75, 3.05) is 20.2 Å². The van der Waals surface area contributed by atoms with Gasteiger partial charge in [0.1, 0.15) is 10.6 Å². The Morgan fingerprint density at radius 3 is 2.60 bits per heavy atom. The zero-order valence-electron chi connectivity index (χ0n) is 11.0. The molecule has 5 nitrogen and oxygen atoms in total. The van der Waals surface area contributed by atoms with Crippen LogP contribution in [-0.4, -0.2) is 43.6 Å². The van der Waals surface area contributed by atoms with E-state index in [2.05, 4.69) is 15.9 Å². The normalized spacial score (nSPS) is 22.4. The van der Waals surface area contributed by atoms with Crippen LogP contribution in [0, 0.1) is 5.92 Å². The van der Waals surface area contributed by atoms with Crippen molar-refractivity contribution in [2.45, 2.75) is 23.3 Å². The van der Waals surface area contributed by atoms with Crippen molar-refractivity contribution in [1.29, 1.82) is 0 Å². The summed E-state index contributed by atoms with van der Waals surface area (Å²) in [7, 11) is -2.18.